The van der Waals surface area contributed by atoms with Crippen LogP contribution in [0.25, 0.3) is 0 Å². The van der Waals surface area contributed by atoms with E-state index in [0.717, 1.165) is 11.2 Å². The molecular weight excluding hydrogens is 289 g/mol. The summed E-state index contributed by atoms with van der Waals surface area (Å²) in [5, 5.41) is 0. The minimum absolute atomic E-state index is 0.116. The molecule has 0 atom stereocenters. The Bertz CT molecular complexity index is 369. The van der Waals surface area contributed by atoms with Crippen molar-refractivity contribution in [3.05, 3.63) is 10.8 Å². The van der Waals surface area contributed by atoms with E-state index in [1.54, 1.807) is 6.92 Å². The molecule has 0 saturated carbocycles. The van der Waals surface area contributed by atoms with Crippen LogP contribution in [0.3, 0.4) is 0 Å². The van der Waals surface area contributed by atoms with Crippen molar-refractivity contribution >= 4 is 27.6 Å². The van der Waals surface area contributed by atoms with Gasteiger partial charge in [-0.05, 0) is 22.9 Å². The van der Waals surface area contributed by atoms with Crippen LogP contribution in [-0.2, 0) is 0 Å². The molecule has 0 unspecified atom stereocenters. The quantitative estimate of drug-likeness (QED) is 0.929. The molecule has 0 bridgehead atoms. The van der Waals surface area contributed by atoms with Crippen molar-refractivity contribution in [2.75, 3.05) is 23.7 Å². The average molecular weight is 299 g/mol. The first-order chi connectivity index (χ1) is 7.35. The van der Waals surface area contributed by atoms with Gasteiger partial charge in [-0.3, -0.25) is 0 Å². The van der Waals surface area contributed by atoms with Crippen molar-refractivity contribution in [1.82, 2.24) is 9.97 Å². The number of nitrogen functional groups attached to an aromatic ring is 1. The molecule has 0 saturated heterocycles. The Morgan fingerprint density at radius 3 is 2.56 bits per heavy atom. The van der Waals surface area contributed by atoms with E-state index in [4.69, 9.17) is 5.73 Å². The molecule has 8 heteroatoms. The minimum Gasteiger partial charge on any atom is -0.383 e. The molecule has 0 spiro atoms. The van der Waals surface area contributed by atoms with Gasteiger partial charge in [-0.15, -0.1) is 0 Å². The van der Waals surface area contributed by atoms with Gasteiger partial charge in [-0.25, -0.2) is 9.97 Å². The van der Waals surface area contributed by atoms with E-state index in [1.165, 1.54) is 0 Å². The Morgan fingerprint density at radius 2 is 2.06 bits per heavy atom. The molecule has 1 heterocycles. The maximum Gasteiger partial charge on any atom is 0.405 e. The van der Waals surface area contributed by atoms with E-state index < -0.39 is 12.7 Å². The number of rotatable bonds is 3. The van der Waals surface area contributed by atoms with E-state index in [-0.39, 0.29) is 22.7 Å². The molecular formula is C8H10BrF3N4. The minimum atomic E-state index is -4.28. The van der Waals surface area contributed by atoms with Gasteiger partial charge < -0.3 is 10.6 Å². The maximum absolute atomic E-state index is 12.3. The van der Waals surface area contributed by atoms with Gasteiger partial charge in [0.2, 0.25) is 0 Å². The highest BCUT2D eigenvalue weighted by Gasteiger charge is 2.31. The lowest BCUT2D eigenvalue weighted by Crippen LogP contribution is -2.35. The van der Waals surface area contributed by atoms with Gasteiger partial charge >= 0.3 is 6.18 Å². The molecule has 0 aromatic carbocycles. The molecule has 0 aliphatic carbocycles. The zero-order valence-corrected chi connectivity index (χ0v) is 10.0. The third kappa shape index (κ3) is 3.22. The number of nitrogens with zero attached hydrogens (tertiary/aromatic N) is 3. The Labute approximate surface area is 98.8 Å². The van der Waals surface area contributed by atoms with Crippen molar-refractivity contribution in [2.24, 2.45) is 0 Å². The summed E-state index contributed by atoms with van der Waals surface area (Å²) in [6.07, 6.45) is -3.15. The average Bonchev–Trinajstić information content (AvgIpc) is 2.18. The van der Waals surface area contributed by atoms with Gasteiger partial charge in [-0.1, -0.05) is 0 Å². The number of hydrogen-bond acceptors (Lipinski definition) is 4. The van der Waals surface area contributed by atoms with Gasteiger partial charge in [0.15, 0.2) is 0 Å². The van der Waals surface area contributed by atoms with Gasteiger partial charge in [0.05, 0.1) is 0 Å². The third-order valence-electron chi connectivity index (χ3n) is 1.85. The summed E-state index contributed by atoms with van der Waals surface area (Å²) in [5.74, 6) is 0.262. The van der Waals surface area contributed by atoms with Crippen molar-refractivity contribution < 1.29 is 13.2 Å². The Morgan fingerprint density at radius 1 is 1.44 bits per heavy atom. The third-order valence-corrected chi connectivity index (χ3v) is 2.61. The van der Waals surface area contributed by atoms with Crippen molar-refractivity contribution in [3.8, 4) is 0 Å². The van der Waals surface area contributed by atoms with Gasteiger partial charge in [0, 0.05) is 6.54 Å². The molecule has 1 rings (SSSR count). The van der Waals surface area contributed by atoms with Crippen LogP contribution in [0.1, 0.15) is 6.92 Å². The number of alkyl halides is 3. The van der Waals surface area contributed by atoms with Crippen LogP contribution < -0.4 is 10.6 Å². The first kappa shape index (κ1) is 13.0. The summed E-state index contributed by atoms with van der Waals surface area (Å²) >= 11 is 3.07. The largest absolute Gasteiger partial charge is 0.405 e. The van der Waals surface area contributed by atoms with E-state index in [1.807, 2.05) is 0 Å². The van der Waals surface area contributed by atoms with Crippen LogP contribution in [0.2, 0.25) is 0 Å². The summed E-state index contributed by atoms with van der Waals surface area (Å²) in [4.78, 5) is 8.52. The standard InChI is InChI=1S/C8H10BrF3N4/c1-2-16(3-8(10,11)12)7-5(9)6(13)14-4-15-7/h4H,2-3H2,1H3,(H2,13,14,15). The molecule has 1 aromatic heterocycles. The number of halogens is 4. The van der Waals surface area contributed by atoms with E-state index in [9.17, 15) is 13.2 Å². The number of aromatic nitrogens is 2. The van der Waals surface area contributed by atoms with Crippen LogP contribution in [0.5, 0.6) is 0 Å². The normalized spacial score (nSPS) is 11.6. The fourth-order valence-electron chi connectivity index (χ4n) is 1.15. The fourth-order valence-corrected chi connectivity index (χ4v) is 1.60. The molecule has 0 radical (unpaired) electrons. The Kier molecular flexibility index (Phi) is 3.95. The predicted octanol–water partition coefficient (Wildman–Crippen LogP) is 2.21. The van der Waals surface area contributed by atoms with Crippen LogP contribution >= 0.6 is 15.9 Å². The van der Waals surface area contributed by atoms with Crippen LogP contribution in [-0.4, -0.2) is 29.2 Å². The smallest absolute Gasteiger partial charge is 0.383 e. The highest BCUT2D eigenvalue weighted by atomic mass is 79.9. The van der Waals surface area contributed by atoms with E-state index in [0.29, 0.717) is 0 Å². The molecule has 4 nitrogen and oxygen atoms in total. The lowest BCUT2D eigenvalue weighted by atomic mass is 10.4. The van der Waals surface area contributed by atoms with Crippen LogP contribution in [0.4, 0.5) is 24.8 Å². The highest BCUT2D eigenvalue weighted by molar-refractivity contribution is 9.10. The fraction of sp³-hybridized carbons (Fsp3) is 0.500. The van der Waals surface area contributed by atoms with Gasteiger partial charge in [-0.2, -0.15) is 13.2 Å². The molecule has 1 aromatic rings. The molecule has 2 N–H and O–H groups in total. The summed E-state index contributed by atoms with van der Waals surface area (Å²) in [6, 6.07) is 0. The number of nitrogens with two attached hydrogens (primary N) is 1. The second kappa shape index (κ2) is 4.86. The van der Waals surface area contributed by atoms with E-state index >= 15 is 0 Å². The molecule has 0 aliphatic heterocycles. The highest BCUT2D eigenvalue weighted by Crippen LogP contribution is 2.29. The topological polar surface area (TPSA) is 55.0 Å². The zero-order chi connectivity index (χ0) is 12.3. The summed E-state index contributed by atoms with van der Waals surface area (Å²) < 4.78 is 37.1. The molecule has 0 amide bonds. The SMILES string of the molecule is CCN(CC(F)(F)F)c1ncnc(N)c1Br. The second-order valence-corrected chi connectivity index (χ2v) is 3.82. The number of hydrogen-bond donors (Lipinski definition) is 1. The van der Waals surface area contributed by atoms with Gasteiger partial charge in [0.1, 0.15) is 29.0 Å². The Hall–Kier alpha value is -1.05. The zero-order valence-electron chi connectivity index (χ0n) is 8.42. The summed E-state index contributed by atoms with van der Waals surface area (Å²) in [5.41, 5.74) is 5.47. The van der Waals surface area contributed by atoms with Crippen LogP contribution in [0.15, 0.2) is 10.8 Å². The second-order valence-electron chi connectivity index (χ2n) is 3.03. The lowest BCUT2D eigenvalue weighted by molar-refractivity contribution is -0.119. The molecule has 0 aliphatic rings. The lowest BCUT2D eigenvalue weighted by Gasteiger charge is -2.24. The summed E-state index contributed by atoms with van der Waals surface area (Å²) in [7, 11) is 0. The van der Waals surface area contributed by atoms with Crippen LogP contribution in [0, 0.1) is 0 Å². The predicted molar refractivity (Wildman–Crippen MR) is 58.1 cm³/mol. The molecule has 16 heavy (non-hydrogen) atoms. The van der Waals surface area contributed by atoms with Crippen molar-refractivity contribution in [3.63, 3.8) is 0 Å². The summed E-state index contributed by atoms with van der Waals surface area (Å²) in [6.45, 7) is 0.712. The first-order valence-corrected chi connectivity index (χ1v) is 5.22. The Balaban J connectivity index is 3.00. The first-order valence-electron chi connectivity index (χ1n) is 4.42. The van der Waals surface area contributed by atoms with E-state index in [2.05, 4.69) is 25.9 Å². The maximum atomic E-state index is 12.3. The molecule has 0 fully saturated rings. The number of anilines is 2. The monoisotopic (exact) mass is 298 g/mol. The van der Waals surface area contributed by atoms with Gasteiger partial charge in [0.25, 0.3) is 0 Å². The van der Waals surface area contributed by atoms with Crippen molar-refractivity contribution in [2.45, 2.75) is 13.1 Å². The van der Waals surface area contributed by atoms with Crippen molar-refractivity contribution in [1.29, 1.82) is 0 Å². The molecule has 90 valence electrons.